The Morgan fingerprint density at radius 3 is 2.81 bits per heavy atom. The molecular weight excluding hydrogens is 369 g/mol. The summed E-state index contributed by atoms with van der Waals surface area (Å²) in [5.74, 6) is -2.08. The van der Waals surface area contributed by atoms with E-state index in [-0.39, 0.29) is 17.0 Å². The number of primary sulfonamides is 1. The predicted octanol–water partition coefficient (Wildman–Crippen LogP) is 1.43. The molecule has 0 spiro atoms. The summed E-state index contributed by atoms with van der Waals surface area (Å²) < 4.78 is 47.0. The minimum absolute atomic E-state index is 0.0712. The molecule has 1 aromatic rings. The monoisotopic (exact) mass is 381 g/mol. The van der Waals surface area contributed by atoms with Crippen LogP contribution in [-0.2, 0) is 19.5 Å². The van der Waals surface area contributed by atoms with Gasteiger partial charge in [0, 0.05) is 17.0 Å². The van der Waals surface area contributed by atoms with Gasteiger partial charge in [0.25, 0.3) is 0 Å². The van der Waals surface area contributed by atoms with E-state index in [2.05, 4.69) is 15.9 Å². The minimum atomic E-state index is -4.28. The van der Waals surface area contributed by atoms with Crippen LogP contribution in [0.3, 0.4) is 0 Å². The Bertz CT molecular complexity index is 658. The summed E-state index contributed by atoms with van der Waals surface area (Å²) in [4.78, 5) is 11.1. The van der Waals surface area contributed by atoms with Crippen LogP contribution in [0, 0.1) is 11.7 Å². The summed E-state index contributed by atoms with van der Waals surface area (Å²) in [5, 5.41) is 4.91. The third kappa shape index (κ3) is 4.00. The lowest BCUT2D eigenvalue weighted by Gasteiger charge is -2.11. The summed E-state index contributed by atoms with van der Waals surface area (Å²) in [7, 11) is -4.28. The fourth-order valence-corrected chi connectivity index (χ4v) is 3.17. The van der Waals surface area contributed by atoms with Crippen molar-refractivity contribution in [1.29, 1.82) is 0 Å². The largest absolute Gasteiger partial charge is 0.462 e. The number of hydrogen-bond acceptors (Lipinski definition) is 5. The first kappa shape index (κ1) is 16.3. The van der Waals surface area contributed by atoms with Gasteiger partial charge in [-0.05, 0) is 18.6 Å². The molecule has 2 rings (SSSR count). The molecule has 1 aromatic carbocycles. The van der Waals surface area contributed by atoms with Gasteiger partial charge in [0.2, 0.25) is 10.0 Å². The summed E-state index contributed by atoms with van der Waals surface area (Å²) in [5.41, 5.74) is -0.479. The van der Waals surface area contributed by atoms with Gasteiger partial charge >= 0.3 is 5.97 Å². The lowest BCUT2D eigenvalue weighted by molar-refractivity contribution is 0.0422. The number of carbonyl (C=O) groups is 1. The molecule has 21 heavy (non-hydrogen) atoms. The van der Waals surface area contributed by atoms with Gasteiger partial charge in [-0.1, -0.05) is 15.9 Å². The van der Waals surface area contributed by atoms with Gasteiger partial charge in [0.15, 0.2) is 5.82 Å². The van der Waals surface area contributed by atoms with Crippen molar-refractivity contribution in [2.75, 3.05) is 19.8 Å². The van der Waals surface area contributed by atoms with Crippen LogP contribution in [-0.4, -0.2) is 34.2 Å². The van der Waals surface area contributed by atoms with Crippen LogP contribution in [0.2, 0.25) is 0 Å². The SMILES string of the molecule is NS(=O)(=O)c1cc(Br)cc(C(=O)OCC2CCOC2)c1F. The number of ether oxygens (including phenoxy) is 2. The fraction of sp³-hybridized carbons (Fsp3) is 0.417. The van der Waals surface area contributed by atoms with Crippen molar-refractivity contribution < 1.29 is 27.1 Å². The van der Waals surface area contributed by atoms with E-state index < -0.39 is 32.3 Å². The third-order valence-corrected chi connectivity index (χ3v) is 4.37. The van der Waals surface area contributed by atoms with E-state index >= 15 is 0 Å². The second-order valence-electron chi connectivity index (χ2n) is 4.64. The zero-order valence-electron chi connectivity index (χ0n) is 10.8. The van der Waals surface area contributed by atoms with Crippen LogP contribution >= 0.6 is 15.9 Å². The molecule has 2 N–H and O–H groups in total. The molecule has 116 valence electrons. The van der Waals surface area contributed by atoms with Crippen LogP contribution in [0.25, 0.3) is 0 Å². The molecule has 0 radical (unpaired) electrons. The highest BCUT2D eigenvalue weighted by molar-refractivity contribution is 9.10. The Hall–Kier alpha value is -1.03. The molecule has 0 amide bonds. The van der Waals surface area contributed by atoms with Crippen molar-refractivity contribution >= 4 is 31.9 Å². The first-order valence-electron chi connectivity index (χ1n) is 6.05. The number of nitrogens with two attached hydrogens (primary N) is 1. The summed E-state index contributed by atoms with van der Waals surface area (Å²) >= 11 is 3.01. The predicted molar refractivity (Wildman–Crippen MR) is 74.7 cm³/mol. The molecule has 1 aliphatic rings. The van der Waals surface area contributed by atoms with E-state index in [9.17, 15) is 17.6 Å². The molecule has 1 unspecified atom stereocenters. The average Bonchev–Trinajstić information content (AvgIpc) is 2.90. The first-order chi connectivity index (χ1) is 9.79. The normalized spacial score (nSPS) is 18.7. The highest BCUT2D eigenvalue weighted by Crippen LogP contribution is 2.24. The third-order valence-electron chi connectivity index (χ3n) is 3.00. The summed E-state index contributed by atoms with van der Waals surface area (Å²) in [6.45, 7) is 1.18. The Morgan fingerprint density at radius 1 is 1.52 bits per heavy atom. The second kappa shape index (κ2) is 6.39. The van der Waals surface area contributed by atoms with E-state index in [1.807, 2.05) is 0 Å². The molecule has 1 aliphatic heterocycles. The van der Waals surface area contributed by atoms with Crippen molar-refractivity contribution in [3.8, 4) is 0 Å². The number of sulfonamides is 1. The van der Waals surface area contributed by atoms with Crippen molar-refractivity contribution in [2.45, 2.75) is 11.3 Å². The van der Waals surface area contributed by atoms with Crippen LogP contribution in [0.4, 0.5) is 4.39 Å². The van der Waals surface area contributed by atoms with Crippen molar-refractivity contribution in [3.63, 3.8) is 0 Å². The topological polar surface area (TPSA) is 95.7 Å². The first-order valence-corrected chi connectivity index (χ1v) is 8.39. The molecular formula is C12H13BrFNO5S. The van der Waals surface area contributed by atoms with Gasteiger partial charge in [-0.3, -0.25) is 0 Å². The molecule has 0 aliphatic carbocycles. The summed E-state index contributed by atoms with van der Waals surface area (Å²) in [6.07, 6.45) is 0.761. The number of hydrogen-bond donors (Lipinski definition) is 1. The summed E-state index contributed by atoms with van der Waals surface area (Å²) in [6, 6.07) is 2.14. The Kier molecular flexibility index (Phi) is 4.97. The van der Waals surface area contributed by atoms with E-state index in [1.165, 1.54) is 0 Å². The van der Waals surface area contributed by atoms with Gasteiger partial charge < -0.3 is 9.47 Å². The van der Waals surface area contributed by atoms with E-state index in [4.69, 9.17) is 14.6 Å². The number of benzene rings is 1. The van der Waals surface area contributed by atoms with Crippen molar-refractivity contribution in [2.24, 2.45) is 11.1 Å². The van der Waals surface area contributed by atoms with Crippen LogP contribution in [0.5, 0.6) is 0 Å². The highest BCUT2D eigenvalue weighted by Gasteiger charge is 2.25. The molecule has 0 saturated carbocycles. The molecule has 1 fully saturated rings. The van der Waals surface area contributed by atoms with Gasteiger partial charge in [-0.15, -0.1) is 0 Å². The lowest BCUT2D eigenvalue weighted by Crippen LogP contribution is -2.19. The molecule has 6 nitrogen and oxygen atoms in total. The number of rotatable bonds is 4. The number of carbonyl (C=O) groups excluding carboxylic acids is 1. The van der Waals surface area contributed by atoms with Gasteiger partial charge in [-0.25, -0.2) is 22.7 Å². The maximum absolute atomic E-state index is 14.1. The zero-order valence-corrected chi connectivity index (χ0v) is 13.2. The molecule has 1 atom stereocenters. The quantitative estimate of drug-likeness (QED) is 0.795. The second-order valence-corrected chi connectivity index (χ2v) is 7.08. The van der Waals surface area contributed by atoms with Gasteiger partial charge in [0.1, 0.15) is 4.90 Å². The molecule has 0 aromatic heterocycles. The van der Waals surface area contributed by atoms with E-state index in [0.717, 1.165) is 18.6 Å². The van der Waals surface area contributed by atoms with Gasteiger partial charge in [-0.2, -0.15) is 0 Å². The lowest BCUT2D eigenvalue weighted by atomic mass is 10.1. The van der Waals surface area contributed by atoms with Gasteiger partial charge in [0.05, 0.1) is 18.8 Å². The molecule has 1 heterocycles. The molecule has 9 heteroatoms. The number of esters is 1. The average molecular weight is 382 g/mol. The van der Waals surface area contributed by atoms with Crippen molar-refractivity contribution in [1.82, 2.24) is 0 Å². The smallest absolute Gasteiger partial charge is 0.341 e. The fourth-order valence-electron chi connectivity index (χ4n) is 1.91. The van der Waals surface area contributed by atoms with Crippen LogP contribution < -0.4 is 5.14 Å². The maximum atomic E-state index is 14.1. The zero-order chi connectivity index (χ0) is 15.6. The Balaban J connectivity index is 2.22. The van der Waals surface area contributed by atoms with Crippen LogP contribution in [0.1, 0.15) is 16.8 Å². The standard InChI is InChI=1S/C12H13BrFNO5S/c13-8-3-9(11(14)10(4-8)21(15,17)18)12(16)20-6-7-1-2-19-5-7/h3-4,7H,1-2,5-6H2,(H2,15,17,18). The maximum Gasteiger partial charge on any atom is 0.341 e. The highest BCUT2D eigenvalue weighted by atomic mass is 79.9. The minimum Gasteiger partial charge on any atom is -0.462 e. The van der Waals surface area contributed by atoms with E-state index in [0.29, 0.717) is 13.2 Å². The van der Waals surface area contributed by atoms with Crippen LogP contribution in [0.15, 0.2) is 21.5 Å². The van der Waals surface area contributed by atoms with Crippen molar-refractivity contribution in [3.05, 3.63) is 28.0 Å². The Morgan fingerprint density at radius 2 is 2.24 bits per heavy atom. The number of halogens is 2. The molecule has 0 bridgehead atoms. The molecule has 1 saturated heterocycles. The van der Waals surface area contributed by atoms with E-state index in [1.54, 1.807) is 0 Å². The Labute approximate surface area is 129 Å².